The molecular weight excluding hydrogens is 212 g/mol. The highest BCUT2D eigenvalue weighted by molar-refractivity contribution is 7.14. The molecule has 6 heteroatoms. The maximum absolute atomic E-state index is 10.2. The van der Waals surface area contributed by atoms with Crippen molar-refractivity contribution >= 4 is 34.0 Å². The van der Waals surface area contributed by atoms with E-state index in [-0.39, 0.29) is 6.42 Å². The Morgan fingerprint density at radius 2 is 2.54 bits per heavy atom. The summed E-state index contributed by atoms with van der Waals surface area (Å²) in [6.45, 7) is 0.607. The van der Waals surface area contributed by atoms with Gasteiger partial charge in [-0.25, -0.2) is 4.98 Å². The van der Waals surface area contributed by atoms with Crippen LogP contribution in [0.25, 0.3) is 0 Å². The summed E-state index contributed by atoms with van der Waals surface area (Å²) in [4.78, 5) is 14.1. The Hall–Kier alpha value is -0.810. The van der Waals surface area contributed by atoms with Crippen molar-refractivity contribution in [3.05, 3.63) is 10.5 Å². The Balaban J connectivity index is 2.16. The Kier molecular flexibility index (Phi) is 3.98. The van der Waals surface area contributed by atoms with Crippen molar-refractivity contribution in [3.8, 4) is 0 Å². The van der Waals surface area contributed by atoms with Crippen LogP contribution >= 0.6 is 22.9 Å². The molecule has 72 valence electrons. The Morgan fingerprint density at radius 3 is 3.08 bits per heavy atom. The van der Waals surface area contributed by atoms with E-state index in [1.807, 2.05) is 0 Å². The Morgan fingerprint density at radius 1 is 1.77 bits per heavy atom. The van der Waals surface area contributed by atoms with E-state index < -0.39 is 5.97 Å². The number of anilines is 1. The van der Waals surface area contributed by atoms with Crippen molar-refractivity contribution in [2.24, 2.45) is 0 Å². The van der Waals surface area contributed by atoms with Crippen LogP contribution in [0.1, 0.15) is 12.8 Å². The number of carbonyl (C=O) groups is 1. The van der Waals surface area contributed by atoms with Crippen LogP contribution in [-0.4, -0.2) is 22.6 Å². The SMILES string of the molecule is O=C(O)CCCNc1nc(Cl)cs1. The number of carboxylic acids is 1. The molecule has 0 saturated carbocycles. The van der Waals surface area contributed by atoms with Gasteiger partial charge < -0.3 is 10.4 Å². The molecule has 0 unspecified atom stereocenters. The summed E-state index contributed by atoms with van der Waals surface area (Å²) in [7, 11) is 0. The van der Waals surface area contributed by atoms with Crippen LogP contribution in [0.5, 0.6) is 0 Å². The second-order valence-electron chi connectivity index (χ2n) is 2.40. The molecule has 1 heterocycles. The van der Waals surface area contributed by atoms with Gasteiger partial charge >= 0.3 is 5.97 Å². The molecule has 0 radical (unpaired) electrons. The van der Waals surface area contributed by atoms with Gasteiger partial charge in [-0.05, 0) is 6.42 Å². The maximum atomic E-state index is 10.2. The number of nitrogens with one attached hydrogen (secondary N) is 1. The summed E-state index contributed by atoms with van der Waals surface area (Å²) < 4.78 is 0. The van der Waals surface area contributed by atoms with Gasteiger partial charge in [0.25, 0.3) is 0 Å². The van der Waals surface area contributed by atoms with Crippen molar-refractivity contribution in [2.75, 3.05) is 11.9 Å². The molecule has 0 bridgehead atoms. The van der Waals surface area contributed by atoms with Crippen molar-refractivity contribution in [1.29, 1.82) is 0 Å². The number of thiazole rings is 1. The van der Waals surface area contributed by atoms with Crippen molar-refractivity contribution in [2.45, 2.75) is 12.8 Å². The number of rotatable bonds is 5. The van der Waals surface area contributed by atoms with E-state index in [0.717, 1.165) is 5.13 Å². The number of nitrogens with zero attached hydrogens (tertiary/aromatic N) is 1. The summed E-state index contributed by atoms with van der Waals surface area (Å²) in [6.07, 6.45) is 0.763. The molecule has 1 aromatic rings. The van der Waals surface area contributed by atoms with E-state index >= 15 is 0 Å². The van der Waals surface area contributed by atoms with Gasteiger partial charge in [0.2, 0.25) is 0 Å². The number of aliphatic carboxylic acids is 1. The molecule has 0 atom stereocenters. The highest BCUT2D eigenvalue weighted by Crippen LogP contribution is 2.18. The fourth-order valence-electron chi connectivity index (χ4n) is 0.770. The second-order valence-corrected chi connectivity index (χ2v) is 3.64. The van der Waals surface area contributed by atoms with Crippen LogP contribution in [0.2, 0.25) is 5.15 Å². The molecule has 1 rings (SSSR count). The van der Waals surface area contributed by atoms with Gasteiger partial charge in [0.15, 0.2) is 5.13 Å². The zero-order valence-electron chi connectivity index (χ0n) is 6.79. The predicted octanol–water partition coefficient (Wildman–Crippen LogP) is 2.07. The number of carboxylic acid groups (broad SMARTS) is 1. The summed E-state index contributed by atoms with van der Waals surface area (Å²) in [5.41, 5.74) is 0. The minimum Gasteiger partial charge on any atom is -0.481 e. The topological polar surface area (TPSA) is 62.2 Å². The predicted molar refractivity (Wildman–Crippen MR) is 52.5 cm³/mol. The average Bonchev–Trinajstić information content (AvgIpc) is 2.45. The molecule has 1 aromatic heterocycles. The second kappa shape index (κ2) is 5.04. The number of halogens is 1. The molecule has 0 saturated heterocycles. The fraction of sp³-hybridized carbons (Fsp3) is 0.429. The molecule has 0 amide bonds. The van der Waals surface area contributed by atoms with Crippen LogP contribution < -0.4 is 5.32 Å². The van der Waals surface area contributed by atoms with Crippen LogP contribution in [-0.2, 0) is 4.79 Å². The minimum absolute atomic E-state index is 0.173. The largest absolute Gasteiger partial charge is 0.481 e. The molecule has 0 spiro atoms. The first-order chi connectivity index (χ1) is 6.18. The molecule has 0 aromatic carbocycles. The smallest absolute Gasteiger partial charge is 0.303 e. The lowest BCUT2D eigenvalue weighted by Crippen LogP contribution is -2.04. The van der Waals surface area contributed by atoms with Gasteiger partial charge in [0, 0.05) is 18.3 Å². The van der Waals surface area contributed by atoms with Gasteiger partial charge in [-0.1, -0.05) is 11.6 Å². The summed E-state index contributed by atoms with van der Waals surface area (Å²) in [6, 6.07) is 0. The van der Waals surface area contributed by atoms with Crippen molar-refractivity contribution in [3.63, 3.8) is 0 Å². The first-order valence-corrected chi connectivity index (χ1v) is 5.01. The Labute approximate surface area is 84.6 Å². The fourth-order valence-corrected chi connectivity index (χ4v) is 1.64. The molecule has 13 heavy (non-hydrogen) atoms. The van der Waals surface area contributed by atoms with E-state index in [9.17, 15) is 4.79 Å². The quantitative estimate of drug-likeness (QED) is 0.746. The van der Waals surface area contributed by atoms with E-state index in [2.05, 4.69) is 10.3 Å². The van der Waals surface area contributed by atoms with Crippen LogP contribution in [0.15, 0.2) is 5.38 Å². The lowest BCUT2D eigenvalue weighted by molar-refractivity contribution is -0.137. The summed E-state index contributed by atoms with van der Waals surface area (Å²) in [5, 5.41) is 14.3. The third kappa shape index (κ3) is 4.10. The van der Waals surface area contributed by atoms with E-state index in [1.54, 1.807) is 5.38 Å². The first kappa shape index (κ1) is 10.3. The number of aromatic nitrogens is 1. The summed E-state index contributed by atoms with van der Waals surface area (Å²) in [5.74, 6) is -0.779. The third-order valence-electron chi connectivity index (χ3n) is 1.32. The van der Waals surface area contributed by atoms with Gasteiger partial charge in [-0.15, -0.1) is 11.3 Å². The van der Waals surface area contributed by atoms with Gasteiger partial charge in [0.1, 0.15) is 5.15 Å². The van der Waals surface area contributed by atoms with Gasteiger partial charge in [-0.2, -0.15) is 0 Å². The van der Waals surface area contributed by atoms with E-state index in [0.29, 0.717) is 18.1 Å². The molecule has 0 aliphatic carbocycles. The van der Waals surface area contributed by atoms with Crippen LogP contribution in [0.3, 0.4) is 0 Å². The van der Waals surface area contributed by atoms with Gasteiger partial charge in [-0.3, -0.25) is 4.79 Å². The van der Waals surface area contributed by atoms with Crippen molar-refractivity contribution in [1.82, 2.24) is 4.98 Å². The van der Waals surface area contributed by atoms with E-state index in [1.165, 1.54) is 11.3 Å². The van der Waals surface area contributed by atoms with Gasteiger partial charge in [0.05, 0.1) is 0 Å². The molecule has 0 aliphatic rings. The number of hydrogen-bond acceptors (Lipinski definition) is 4. The average molecular weight is 221 g/mol. The van der Waals surface area contributed by atoms with Crippen LogP contribution in [0.4, 0.5) is 5.13 Å². The lowest BCUT2D eigenvalue weighted by Gasteiger charge is -1.98. The normalized spacial score (nSPS) is 9.92. The summed E-state index contributed by atoms with van der Waals surface area (Å²) >= 11 is 7.00. The standard InChI is InChI=1S/C7H9ClN2O2S/c8-5-4-13-7(10-5)9-3-1-2-6(11)12/h4H,1-3H2,(H,9,10)(H,11,12). The van der Waals surface area contributed by atoms with Crippen LogP contribution in [0, 0.1) is 0 Å². The minimum atomic E-state index is -0.779. The third-order valence-corrected chi connectivity index (χ3v) is 2.44. The Bertz CT molecular complexity index is 290. The maximum Gasteiger partial charge on any atom is 0.303 e. The molecular formula is C7H9ClN2O2S. The molecule has 4 nitrogen and oxygen atoms in total. The zero-order chi connectivity index (χ0) is 9.68. The van der Waals surface area contributed by atoms with Crippen molar-refractivity contribution < 1.29 is 9.90 Å². The highest BCUT2D eigenvalue weighted by Gasteiger charge is 1.99. The molecule has 0 fully saturated rings. The lowest BCUT2D eigenvalue weighted by atomic mass is 10.3. The number of hydrogen-bond donors (Lipinski definition) is 2. The monoisotopic (exact) mass is 220 g/mol. The van der Waals surface area contributed by atoms with E-state index in [4.69, 9.17) is 16.7 Å². The highest BCUT2D eigenvalue weighted by atomic mass is 35.5. The first-order valence-electron chi connectivity index (χ1n) is 3.75. The zero-order valence-corrected chi connectivity index (χ0v) is 8.36. The molecule has 0 aliphatic heterocycles. The molecule has 2 N–H and O–H groups in total.